The van der Waals surface area contributed by atoms with Gasteiger partial charge in [-0.2, -0.15) is 0 Å². The Morgan fingerprint density at radius 1 is 0.923 bits per heavy atom. The lowest BCUT2D eigenvalue weighted by Crippen LogP contribution is -2.39. The number of rotatable bonds is 5. The first-order chi connectivity index (χ1) is 12.4. The van der Waals surface area contributed by atoms with E-state index in [1.165, 1.54) is 0 Å². The molecule has 0 bridgehead atoms. The lowest BCUT2D eigenvalue weighted by atomic mass is 10.0. The van der Waals surface area contributed by atoms with Crippen LogP contribution < -0.4 is 10.6 Å². The highest BCUT2D eigenvalue weighted by Gasteiger charge is 2.18. The van der Waals surface area contributed by atoms with Gasteiger partial charge in [-0.3, -0.25) is 10.1 Å². The molecule has 0 spiro atoms. The summed E-state index contributed by atoms with van der Waals surface area (Å²) >= 11 is 0. The Morgan fingerprint density at radius 2 is 1.65 bits per heavy atom. The Kier molecular flexibility index (Phi) is 5.28. The second-order valence-corrected chi connectivity index (χ2v) is 6.33. The van der Waals surface area contributed by atoms with E-state index >= 15 is 0 Å². The van der Waals surface area contributed by atoms with Crippen molar-refractivity contribution in [1.29, 1.82) is 0 Å². The molecule has 3 nitrogen and oxygen atoms in total. The van der Waals surface area contributed by atoms with Crippen LogP contribution in [0.5, 0.6) is 0 Å². The van der Waals surface area contributed by atoms with E-state index in [0.717, 1.165) is 34.5 Å². The number of amides is 1. The van der Waals surface area contributed by atoms with Crippen LogP contribution in [0.1, 0.15) is 25.5 Å². The predicted molar refractivity (Wildman–Crippen MR) is 99.9 cm³/mol. The van der Waals surface area contributed by atoms with Crippen molar-refractivity contribution in [2.24, 2.45) is 0 Å². The first-order valence-electron chi connectivity index (χ1n) is 8.44. The van der Waals surface area contributed by atoms with Gasteiger partial charge in [0, 0.05) is 12.1 Å². The molecule has 2 unspecified atom stereocenters. The van der Waals surface area contributed by atoms with Gasteiger partial charge in [-0.05, 0) is 48.4 Å². The van der Waals surface area contributed by atoms with E-state index in [-0.39, 0.29) is 11.7 Å². The normalized spacial score (nSPS) is 13.4. The van der Waals surface area contributed by atoms with Crippen LogP contribution in [0, 0.1) is 11.6 Å². The van der Waals surface area contributed by atoms with Gasteiger partial charge in [0.25, 0.3) is 0 Å². The summed E-state index contributed by atoms with van der Waals surface area (Å²) in [5.41, 5.74) is 0.877. The molecule has 3 aromatic rings. The van der Waals surface area contributed by atoms with Gasteiger partial charge in [-0.15, -0.1) is 0 Å². The summed E-state index contributed by atoms with van der Waals surface area (Å²) in [6.45, 7) is 3.64. The molecule has 26 heavy (non-hydrogen) atoms. The van der Waals surface area contributed by atoms with Gasteiger partial charge in [0.1, 0.15) is 11.6 Å². The van der Waals surface area contributed by atoms with Gasteiger partial charge in [0.2, 0.25) is 5.91 Å². The molecule has 0 aliphatic heterocycles. The van der Waals surface area contributed by atoms with E-state index in [1.807, 2.05) is 43.3 Å². The van der Waals surface area contributed by atoms with Gasteiger partial charge >= 0.3 is 0 Å². The lowest BCUT2D eigenvalue weighted by molar-refractivity contribution is -0.118. The molecule has 0 saturated heterocycles. The average Bonchev–Trinajstić information content (AvgIpc) is 2.64. The standard InChI is InChI=1S/C21H20F2N2O/c1-13(16-8-7-15-5-3-4-6-17(15)11-16)24-14(2)21(26)25-20-12-18(22)9-10-19(20)23/h3-14,24H,1-2H3,(H,25,26). The van der Waals surface area contributed by atoms with Crippen molar-refractivity contribution in [3.05, 3.63) is 77.9 Å². The first kappa shape index (κ1) is 18.0. The third-order valence-corrected chi connectivity index (χ3v) is 4.35. The van der Waals surface area contributed by atoms with E-state index < -0.39 is 23.6 Å². The number of carbonyl (C=O) groups is 1. The first-order valence-corrected chi connectivity index (χ1v) is 8.44. The molecule has 0 aliphatic carbocycles. The predicted octanol–water partition coefficient (Wildman–Crippen LogP) is 4.80. The maximum absolute atomic E-state index is 13.7. The van der Waals surface area contributed by atoms with Crippen molar-refractivity contribution < 1.29 is 13.6 Å². The third-order valence-electron chi connectivity index (χ3n) is 4.35. The molecule has 0 aliphatic rings. The molecule has 5 heteroatoms. The Hall–Kier alpha value is -2.79. The Balaban J connectivity index is 1.68. The van der Waals surface area contributed by atoms with Crippen LogP contribution in [0.25, 0.3) is 10.8 Å². The SMILES string of the molecule is CC(NC(C)c1ccc2ccccc2c1)C(=O)Nc1cc(F)ccc1F. The van der Waals surface area contributed by atoms with E-state index in [4.69, 9.17) is 0 Å². The summed E-state index contributed by atoms with van der Waals surface area (Å²) in [6.07, 6.45) is 0. The molecule has 0 saturated carbocycles. The monoisotopic (exact) mass is 354 g/mol. The van der Waals surface area contributed by atoms with Gasteiger partial charge in [0.15, 0.2) is 0 Å². The molecule has 3 aromatic carbocycles. The van der Waals surface area contributed by atoms with Gasteiger partial charge in [0.05, 0.1) is 11.7 Å². The molecule has 2 N–H and O–H groups in total. The minimum absolute atomic E-state index is 0.0855. The largest absolute Gasteiger partial charge is 0.322 e. The van der Waals surface area contributed by atoms with E-state index in [2.05, 4.69) is 16.7 Å². The molecular formula is C21H20F2N2O. The number of fused-ring (bicyclic) bond motifs is 1. The summed E-state index contributed by atoms with van der Waals surface area (Å²) in [4.78, 5) is 12.3. The molecule has 1 amide bonds. The number of hydrogen-bond donors (Lipinski definition) is 2. The smallest absolute Gasteiger partial charge is 0.241 e. The highest BCUT2D eigenvalue weighted by molar-refractivity contribution is 5.94. The maximum atomic E-state index is 13.7. The van der Waals surface area contributed by atoms with Crippen molar-refractivity contribution >= 4 is 22.4 Å². The minimum atomic E-state index is -0.672. The number of benzene rings is 3. The van der Waals surface area contributed by atoms with Crippen molar-refractivity contribution in [3.63, 3.8) is 0 Å². The second-order valence-electron chi connectivity index (χ2n) is 6.33. The maximum Gasteiger partial charge on any atom is 0.241 e. The Morgan fingerprint density at radius 3 is 2.42 bits per heavy atom. The van der Waals surface area contributed by atoms with Crippen molar-refractivity contribution in [2.75, 3.05) is 5.32 Å². The summed E-state index contributed by atoms with van der Waals surface area (Å²) in [6, 6.07) is 16.5. The highest BCUT2D eigenvalue weighted by Crippen LogP contribution is 2.21. The molecule has 0 aromatic heterocycles. The third kappa shape index (κ3) is 4.06. The molecular weight excluding hydrogens is 334 g/mol. The number of carbonyl (C=O) groups excluding carboxylic acids is 1. The number of hydrogen-bond acceptors (Lipinski definition) is 2. The summed E-state index contributed by atoms with van der Waals surface area (Å²) < 4.78 is 26.9. The second kappa shape index (κ2) is 7.62. The van der Waals surface area contributed by atoms with E-state index in [0.29, 0.717) is 0 Å². The quantitative estimate of drug-likeness (QED) is 0.691. The lowest BCUT2D eigenvalue weighted by Gasteiger charge is -2.20. The molecule has 0 heterocycles. The van der Waals surface area contributed by atoms with Gasteiger partial charge < -0.3 is 5.32 Å². The van der Waals surface area contributed by atoms with Crippen molar-refractivity contribution in [3.8, 4) is 0 Å². The van der Waals surface area contributed by atoms with Crippen LogP contribution in [0.4, 0.5) is 14.5 Å². The number of halogens is 2. The Labute approximate surface area is 151 Å². The van der Waals surface area contributed by atoms with E-state index in [1.54, 1.807) is 6.92 Å². The fraction of sp³-hybridized carbons (Fsp3) is 0.190. The van der Waals surface area contributed by atoms with Gasteiger partial charge in [-0.25, -0.2) is 8.78 Å². The number of nitrogens with one attached hydrogen (secondary N) is 2. The molecule has 0 radical (unpaired) electrons. The summed E-state index contributed by atoms with van der Waals surface area (Å²) in [5, 5.41) is 7.88. The molecule has 2 atom stereocenters. The van der Waals surface area contributed by atoms with Gasteiger partial charge in [-0.1, -0.05) is 36.4 Å². The number of anilines is 1. The minimum Gasteiger partial charge on any atom is -0.322 e. The fourth-order valence-electron chi connectivity index (χ4n) is 2.86. The van der Waals surface area contributed by atoms with Crippen LogP contribution in [0.3, 0.4) is 0 Å². The molecule has 0 fully saturated rings. The van der Waals surface area contributed by atoms with Crippen LogP contribution in [-0.2, 0) is 4.79 Å². The van der Waals surface area contributed by atoms with Crippen LogP contribution >= 0.6 is 0 Å². The van der Waals surface area contributed by atoms with E-state index in [9.17, 15) is 13.6 Å². The van der Waals surface area contributed by atoms with Crippen LogP contribution in [0.15, 0.2) is 60.7 Å². The summed E-state index contributed by atoms with van der Waals surface area (Å²) in [7, 11) is 0. The Bertz CT molecular complexity index is 942. The molecule has 3 rings (SSSR count). The van der Waals surface area contributed by atoms with Crippen LogP contribution in [0.2, 0.25) is 0 Å². The fourth-order valence-corrected chi connectivity index (χ4v) is 2.86. The zero-order valence-electron chi connectivity index (χ0n) is 14.6. The average molecular weight is 354 g/mol. The highest BCUT2D eigenvalue weighted by atomic mass is 19.1. The van der Waals surface area contributed by atoms with Crippen molar-refractivity contribution in [1.82, 2.24) is 5.32 Å². The zero-order chi connectivity index (χ0) is 18.7. The summed E-state index contributed by atoms with van der Waals surface area (Å²) in [5.74, 6) is -1.71. The van der Waals surface area contributed by atoms with Crippen molar-refractivity contribution in [2.45, 2.75) is 25.9 Å². The molecule has 134 valence electrons. The zero-order valence-corrected chi connectivity index (χ0v) is 14.6. The topological polar surface area (TPSA) is 41.1 Å². The van der Waals surface area contributed by atoms with Crippen LogP contribution in [-0.4, -0.2) is 11.9 Å².